The summed E-state index contributed by atoms with van der Waals surface area (Å²) in [5, 5.41) is 15.2. The van der Waals surface area contributed by atoms with Crippen molar-refractivity contribution in [3.63, 3.8) is 0 Å². The van der Waals surface area contributed by atoms with Crippen LogP contribution in [-0.2, 0) is 12.8 Å². The first-order valence-corrected chi connectivity index (χ1v) is 9.00. The minimum atomic E-state index is -0.359. The third kappa shape index (κ3) is 2.51. The largest absolute Gasteiger partial charge is 0.292 e. The van der Waals surface area contributed by atoms with Crippen molar-refractivity contribution in [3.05, 3.63) is 58.7 Å². The zero-order chi connectivity index (χ0) is 18.4. The van der Waals surface area contributed by atoms with Crippen molar-refractivity contribution in [1.29, 1.82) is 0 Å². The van der Waals surface area contributed by atoms with Gasteiger partial charge in [-0.05, 0) is 41.6 Å². The van der Waals surface area contributed by atoms with Crippen LogP contribution in [0.4, 0.5) is 0 Å². The van der Waals surface area contributed by atoms with Crippen molar-refractivity contribution in [2.75, 3.05) is 0 Å². The predicted octanol–water partition coefficient (Wildman–Crippen LogP) is 2.43. The fraction of sp³-hybridized carbons (Fsp3) is 0.368. The van der Waals surface area contributed by atoms with Crippen molar-refractivity contribution in [2.45, 2.75) is 31.6 Å². The van der Waals surface area contributed by atoms with E-state index in [2.05, 4.69) is 20.6 Å². The number of carbonyl (C=O) groups excluding carboxylic acids is 2. The van der Waals surface area contributed by atoms with Gasteiger partial charge in [-0.1, -0.05) is 40.6 Å². The molecule has 2 atom stereocenters. The van der Waals surface area contributed by atoms with Crippen LogP contribution in [0.1, 0.15) is 56.7 Å². The van der Waals surface area contributed by atoms with Gasteiger partial charge >= 0.3 is 0 Å². The highest BCUT2D eigenvalue weighted by molar-refractivity contribution is 6.01. The van der Waals surface area contributed by atoms with Gasteiger partial charge in [0, 0.05) is 17.8 Å². The van der Waals surface area contributed by atoms with E-state index in [1.165, 1.54) is 0 Å². The number of nitrogens with zero attached hydrogens (tertiary/aromatic N) is 4. The third-order valence-electron chi connectivity index (χ3n) is 5.69. The molecule has 27 heavy (non-hydrogen) atoms. The average molecular weight is 364 g/mol. The summed E-state index contributed by atoms with van der Waals surface area (Å²) >= 11 is 0. The Morgan fingerprint density at radius 2 is 1.30 bits per heavy atom. The Morgan fingerprint density at radius 3 is 1.81 bits per heavy atom. The van der Waals surface area contributed by atoms with Crippen LogP contribution in [0.5, 0.6) is 0 Å². The highest BCUT2D eigenvalue weighted by Gasteiger charge is 2.45. The maximum atomic E-state index is 13.1. The zero-order valence-corrected chi connectivity index (χ0v) is 14.4. The van der Waals surface area contributed by atoms with Crippen LogP contribution in [0.3, 0.4) is 0 Å². The van der Waals surface area contributed by atoms with Crippen molar-refractivity contribution >= 4 is 11.6 Å². The van der Waals surface area contributed by atoms with Gasteiger partial charge in [0.1, 0.15) is 11.4 Å². The number of Topliss-reactive ketones (excluding diaryl/α,β-unsaturated/α-hetero) is 2. The maximum Gasteiger partial charge on any atom is 0.190 e. The molecule has 1 aromatic carbocycles. The van der Waals surface area contributed by atoms with Crippen molar-refractivity contribution in [2.24, 2.45) is 11.8 Å². The predicted molar refractivity (Wildman–Crippen MR) is 90.1 cm³/mol. The van der Waals surface area contributed by atoms with Gasteiger partial charge in [0.05, 0.1) is 0 Å². The summed E-state index contributed by atoms with van der Waals surface area (Å²) in [7, 11) is 0. The molecule has 0 spiro atoms. The summed E-state index contributed by atoms with van der Waals surface area (Å²) in [5.41, 5.74) is 2.74. The first kappa shape index (κ1) is 16.0. The Balaban J connectivity index is 1.57. The number of carbonyl (C=O) groups is 2. The second-order valence-corrected chi connectivity index (χ2v) is 7.07. The van der Waals surface area contributed by atoms with Gasteiger partial charge in [0.25, 0.3) is 0 Å². The van der Waals surface area contributed by atoms with Crippen LogP contribution < -0.4 is 0 Å². The van der Waals surface area contributed by atoms with E-state index in [0.717, 1.165) is 5.56 Å². The number of aromatic nitrogens is 4. The Morgan fingerprint density at radius 1 is 0.778 bits per heavy atom. The first-order chi connectivity index (χ1) is 13.2. The van der Waals surface area contributed by atoms with Gasteiger partial charge in [-0.3, -0.25) is 9.59 Å². The molecule has 2 aliphatic carbocycles. The lowest BCUT2D eigenvalue weighted by atomic mass is 9.66. The van der Waals surface area contributed by atoms with Crippen LogP contribution in [0.2, 0.25) is 0 Å². The number of ketones is 2. The molecule has 0 amide bonds. The molecule has 3 aromatic rings. The molecular formula is C19H16N4O4. The molecule has 8 heteroatoms. The van der Waals surface area contributed by atoms with Gasteiger partial charge < -0.3 is 0 Å². The summed E-state index contributed by atoms with van der Waals surface area (Å²) in [6, 6.07) is 9.71. The van der Waals surface area contributed by atoms with E-state index in [1.54, 1.807) is 0 Å². The van der Waals surface area contributed by atoms with Gasteiger partial charge in [0.15, 0.2) is 23.0 Å². The van der Waals surface area contributed by atoms with E-state index in [-0.39, 0.29) is 29.3 Å². The Hall–Kier alpha value is -3.16. The molecule has 0 bridgehead atoms. The molecule has 0 saturated carbocycles. The molecule has 2 heterocycles. The highest BCUT2D eigenvalue weighted by Crippen LogP contribution is 2.43. The molecule has 0 fully saturated rings. The van der Waals surface area contributed by atoms with E-state index in [9.17, 15) is 9.59 Å². The summed E-state index contributed by atoms with van der Waals surface area (Å²) < 4.78 is 9.51. The Kier molecular flexibility index (Phi) is 3.70. The fourth-order valence-electron chi connectivity index (χ4n) is 4.42. The molecule has 5 rings (SSSR count). The van der Waals surface area contributed by atoms with Gasteiger partial charge in [0.2, 0.25) is 0 Å². The van der Waals surface area contributed by atoms with Gasteiger partial charge in [-0.15, -0.1) is 0 Å². The number of hydrogen-bond donors (Lipinski definition) is 0. The SMILES string of the molecule is O=C1c2nonc2CCC1C(c1ccccc1)C1CCc2nonc2C1=O. The Labute approximate surface area is 153 Å². The van der Waals surface area contributed by atoms with Gasteiger partial charge in [-0.25, -0.2) is 9.26 Å². The van der Waals surface area contributed by atoms with Crippen LogP contribution in [0.25, 0.3) is 0 Å². The van der Waals surface area contributed by atoms with E-state index in [4.69, 9.17) is 9.26 Å². The third-order valence-corrected chi connectivity index (χ3v) is 5.69. The molecule has 136 valence electrons. The smallest absolute Gasteiger partial charge is 0.190 e. The van der Waals surface area contributed by atoms with Crippen molar-refractivity contribution in [3.8, 4) is 0 Å². The summed E-state index contributed by atoms with van der Waals surface area (Å²) in [6.45, 7) is 0. The van der Waals surface area contributed by atoms with E-state index < -0.39 is 0 Å². The quantitative estimate of drug-likeness (QED) is 0.696. The molecular weight excluding hydrogens is 348 g/mol. The number of rotatable bonds is 3. The second-order valence-electron chi connectivity index (χ2n) is 7.07. The highest BCUT2D eigenvalue weighted by atomic mass is 16.6. The van der Waals surface area contributed by atoms with E-state index in [0.29, 0.717) is 48.5 Å². The monoisotopic (exact) mass is 364 g/mol. The van der Waals surface area contributed by atoms with E-state index >= 15 is 0 Å². The van der Waals surface area contributed by atoms with E-state index in [1.807, 2.05) is 30.3 Å². The molecule has 2 unspecified atom stereocenters. The minimum Gasteiger partial charge on any atom is -0.292 e. The molecule has 0 saturated heterocycles. The number of hydrogen-bond acceptors (Lipinski definition) is 8. The molecule has 0 radical (unpaired) electrons. The van der Waals surface area contributed by atoms with Crippen LogP contribution in [0.15, 0.2) is 39.6 Å². The normalized spacial score (nSPS) is 23.0. The lowest BCUT2D eigenvalue weighted by Crippen LogP contribution is -2.37. The standard InChI is InChI=1S/C19H16N4O4/c24-18-11(6-8-13-16(18)22-26-20-13)15(10-4-2-1-3-5-10)12-7-9-14-17(19(12)25)23-27-21-14/h1-5,11-12,15H,6-9H2. The average Bonchev–Trinajstić information content (AvgIpc) is 3.36. The van der Waals surface area contributed by atoms with Crippen molar-refractivity contribution < 1.29 is 18.8 Å². The van der Waals surface area contributed by atoms with Crippen molar-refractivity contribution in [1.82, 2.24) is 20.6 Å². The molecule has 0 aliphatic heterocycles. The molecule has 2 aliphatic rings. The lowest BCUT2D eigenvalue weighted by Gasteiger charge is -2.34. The summed E-state index contributed by atoms with van der Waals surface area (Å²) in [6.07, 6.45) is 2.42. The number of fused-ring (bicyclic) bond motifs is 2. The van der Waals surface area contributed by atoms with Gasteiger partial charge in [-0.2, -0.15) is 0 Å². The molecule has 0 N–H and O–H groups in total. The summed E-state index contributed by atoms with van der Waals surface area (Å²) in [4.78, 5) is 26.2. The van der Waals surface area contributed by atoms with Crippen LogP contribution in [0, 0.1) is 11.8 Å². The van der Waals surface area contributed by atoms with Crippen LogP contribution >= 0.6 is 0 Å². The second kappa shape index (κ2) is 6.22. The van der Waals surface area contributed by atoms with Crippen LogP contribution in [-0.4, -0.2) is 32.2 Å². The maximum absolute atomic E-state index is 13.1. The molecule has 8 nitrogen and oxygen atoms in total. The topological polar surface area (TPSA) is 112 Å². The zero-order valence-electron chi connectivity index (χ0n) is 14.4. The summed E-state index contributed by atoms with van der Waals surface area (Å²) in [5.74, 6) is -1.20. The fourth-order valence-corrected chi connectivity index (χ4v) is 4.42. The first-order valence-electron chi connectivity index (χ1n) is 9.00. The Bertz CT molecular complexity index is 947. The minimum absolute atomic E-state index is 0.108. The number of benzene rings is 1. The molecule has 2 aromatic heterocycles. The number of aryl methyl sites for hydroxylation is 2. The lowest BCUT2D eigenvalue weighted by molar-refractivity contribution is 0.0772.